The largest absolute Gasteiger partial charge is 0.387 e. The van der Waals surface area contributed by atoms with Gasteiger partial charge in [0, 0.05) is 37.3 Å². The lowest BCUT2D eigenvalue weighted by molar-refractivity contribution is -0.388. The van der Waals surface area contributed by atoms with Gasteiger partial charge in [0.25, 0.3) is 0 Å². The van der Waals surface area contributed by atoms with Gasteiger partial charge in [0.15, 0.2) is 44.0 Å². The molecular weight excluding hydrogens is 1510 g/mol. The predicted molar refractivity (Wildman–Crippen MR) is 275 cm³/mol. The zero-order valence-corrected chi connectivity index (χ0v) is 50.9. The number of halogens is 7. The van der Waals surface area contributed by atoms with Gasteiger partial charge in [-0.05, 0) is 0 Å². The van der Waals surface area contributed by atoms with Gasteiger partial charge in [0.1, 0.15) is 128 Å². The monoisotopic (exact) mass is 1570 g/mol. The van der Waals surface area contributed by atoms with Crippen LogP contribution >= 0.6 is 112 Å². The Kier molecular flexibility index (Phi) is 24.0. The van der Waals surface area contributed by atoms with E-state index in [2.05, 4.69) is 112 Å². The van der Waals surface area contributed by atoms with Crippen LogP contribution in [-0.2, 0) is 66.3 Å². The smallest absolute Gasteiger partial charge is 0.187 e. The van der Waals surface area contributed by atoms with Crippen LogP contribution in [0.3, 0.4) is 0 Å². The maximum atomic E-state index is 11.5. The van der Waals surface area contributed by atoms with E-state index < -0.39 is 215 Å². The molecule has 0 aromatic rings. The topological polar surface area (TPSA) is 412 Å². The summed E-state index contributed by atoms with van der Waals surface area (Å²) in [5.74, 6) is 0. The lowest BCUT2D eigenvalue weighted by Crippen LogP contribution is -2.68. The molecule has 21 aliphatic heterocycles. The van der Waals surface area contributed by atoms with Crippen LogP contribution in [0.1, 0.15) is 0 Å². The van der Waals surface area contributed by atoms with E-state index in [9.17, 15) is 71.5 Å². The van der Waals surface area contributed by atoms with E-state index in [1.54, 1.807) is 0 Å². The highest BCUT2D eigenvalue weighted by molar-refractivity contribution is 9.10. The van der Waals surface area contributed by atoms with Gasteiger partial charge < -0.3 is 138 Å². The maximum Gasteiger partial charge on any atom is 0.187 e. The second-order valence-corrected chi connectivity index (χ2v) is 24.0. The van der Waals surface area contributed by atoms with Crippen LogP contribution in [0.25, 0.3) is 0 Å². The van der Waals surface area contributed by atoms with Gasteiger partial charge >= 0.3 is 0 Å². The molecule has 14 bridgehead atoms. The van der Waals surface area contributed by atoms with Crippen molar-refractivity contribution < 1.29 is 138 Å². The predicted octanol–water partition coefficient (Wildman–Crippen LogP) is -5.41. The van der Waals surface area contributed by atoms with Crippen molar-refractivity contribution in [3.8, 4) is 0 Å². The summed E-state index contributed by atoms with van der Waals surface area (Å²) in [6.07, 6.45) is -58.0. The Hall–Kier alpha value is 2.24. The summed E-state index contributed by atoms with van der Waals surface area (Å²) in [5, 5.41) is 160. The van der Waals surface area contributed by atoms with E-state index in [-0.39, 0.29) is 37.3 Å². The number of aliphatic hydroxyl groups excluding tert-OH is 14. The fourth-order valence-corrected chi connectivity index (χ4v) is 13.9. The Labute approximate surface area is 497 Å². The van der Waals surface area contributed by atoms with E-state index in [4.69, 9.17) is 66.3 Å². The standard InChI is InChI=1S/C42H63Br7O28/c43-1-8-29-15(50)22(57)36(64-8)72-30-9(2-44)66-38(24(59)17(30)52)74-32-11(4-46)68-40(26(61)19(32)54)76-34-13(6-48)70-42(28(63)21(34)56)77-35-14(7-49)69-41(27(62)20(35)55)75-33-12(5-47)67-39(25(60)18(33)53)73-31-10(3-45)65-37(71-29)23(58)16(31)51/h8-42,50-63H,1-7H2/t8?,9?,10?,11?,12?,13?,14?,15?,16?,17?,18?,19?,20?,21?,22?,23?,24?,25?,26?,27?,28?,29-,30-,31-,32-,33-,34-,35-,36+,37+,38+,39+,40+,41+,42+/m1/s1. The molecule has 0 spiro atoms. The second kappa shape index (κ2) is 28.4. The summed E-state index contributed by atoms with van der Waals surface area (Å²) in [7, 11) is 0. The van der Waals surface area contributed by atoms with Gasteiger partial charge in [0.05, 0.1) is 42.7 Å². The molecule has 21 heterocycles. The minimum atomic E-state index is -1.95. The fraction of sp³-hybridized carbons (Fsp3) is 1.00. The van der Waals surface area contributed by atoms with Crippen molar-refractivity contribution in [1.82, 2.24) is 0 Å². The Bertz CT molecular complexity index is 1490. The molecule has 0 aromatic heterocycles. The van der Waals surface area contributed by atoms with E-state index in [0.29, 0.717) is 0 Å². The number of hydrogen-bond donors (Lipinski definition) is 14. The molecule has 0 aliphatic carbocycles. The molecule has 77 heavy (non-hydrogen) atoms. The van der Waals surface area contributed by atoms with Crippen molar-refractivity contribution >= 4 is 112 Å². The van der Waals surface area contributed by atoms with Crippen LogP contribution in [0.2, 0.25) is 0 Å². The van der Waals surface area contributed by atoms with Crippen LogP contribution in [-0.4, -0.2) is 324 Å². The van der Waals surface area contributed by atoms with Crippen LogP contribution in [0.4, 0.5) is 0 Å². The highest BCUT2D eigenvalue weighted by atomic mass is 79.9. The first-order chi connectivity index (χ1) is 36.7. The molecule has 21 fully saturated rings. The summed E-state index contributed by atoms with van der Waals surface area (Å²) in [4.78, 5) is 0. The molecule has 21 saturated heterocycles. The number of alkyl halides is 7. The van der Waals surface area contributed by atoms with Crippen LogP contribution < -0.4 is 0 Å². The third-order valence-corrected chi connectivity index (χ3v) is 19.1. The van der Waals surface area contributed by atoms with Crippen molar-refractivity contribution in [1.29, 1.82) is 0 Å². The fourth-order valence-electron chi connectivity index (χ4n) is 10.3. The van der Waals surface area contributed by atoms with Crippen molar-refractivity contribution in [3.63, 3.8) is 0 Å². The average Bonchev–Trinajstić information content (AvgIpc) is 3.46. The lowest BCUT2D eigenvalue weighted by atomic mass is 9.95. The Morgan fingerprint density at radius 2 is 0.273 bits per heavy atom. The molecular formula is C42H63Br7O28. The van der Waals surface area contributed by atoms with Crippen LogP contribution in [0.5, 0.6) is 0 Å². The van der Waals surface area contributed by atoms with Crippen LogP contribution in [0, 0.1) is 0 Å². The maximum absolute atomic E-state index is 11.5. The molecule has 35 heteroatoms. The molecule has 14 N–H and O–H groups in total. The molecule has 21 unspecified atom stereocenters. The van der Waals surface area contributed by atoms with Gasteiger partial charge in [-0.15, -0.1) is 0 Å². The minimum absolute atomic E-state index is 0.103. The first-order valence-corrected chi connectivity index (χ1v) is 32.1. The van der Waals surface area contributed by atoms with Gasteiger partial charge in [-0.2, -0.15) is 0 Å². The zero-order chi connectivity index (χ0) is 56.1. The molecule has 35 atom stereocenters. The van der Waals surface area contributed by atoms with Gasteiger partial charge in [0.2, 0.25) is 0 Å². The third-order valence-electron chi connectivity index (χ3n) is 14.6. The molecule has 0 aromatic carbocycles. The summed E-state index contributed by atoms with van der Waals surface area (Å²) < 4.78 is 84.2. The summed E-state index contributed by atoms with van der Waals surface area (Å²) in [6, 6.07) is 0. The van der Waals surface area contributed by atoms with Gasteiger partial charge in [-0.3, -0.25) is 0 Å². The lowest BCUT2D eigenvalue weighted by Gasteiger charge is -2.50. The third kappa shape index (κ3) is 13.4. The Balaban J connectivity index is 1.08. The van der Waals surface area contributed by atoms with E-state index in [1.165, 1.54) is 0 Å². The molecule has 28 nitrogen and oxygen atoms in total. The van der Waals surface area contributed by atoms with E-state index >= 15 is 0 Å². The molecule has 0 saturated carbocycles. The molecule has 21 rings (SSSR count). The number of rotatable bonds is 7. The first-order valence-electron chi connectivity index (χ1n) is 24.3. The highest BCUT2D eigenvalue weighted by Crippen LogP contribution is 2.40. The van der Waals surface area contributed by atoms with Crippen molar-refractivity contribution in [2.45, 2.75) is 215 Å². The number of aliphatic hydroxyl groups is 14. The Morgan fingerprint density at radius 1 is 0.169 bits per heavy atom. The number of hydrogen-bond acceptors (Lipinski definition) is 28. The van der Waals surface area contributed by atoms with Gasteiger partial charge in [-0.25, -0.2) is 0 Å². The SMILES string of the molecule is OC1C(O)[C@@H]2O[C@@H]3OC(CBr)[C@@H](O[C@@H]4OC(CBr)[C@@H](O[C@@H]5OC(CBr)[C@@H](O[C@@H]6OC(CBr)[C@@H](O[C@@H]7OC(CBr)[C@@H](O[C@@H]8OC(CBr)[C@@H](O[C@@H]1OC2CBr)C(O)C8O)C(O)C7O)C(O)C6O)C(O)C5O)C(O)C4O)C(O)C3O. The van der Waals surface area contributed by atoms with Crippen molar-refractivity contribution in [3.05, 3.63) is 0 Å². The highest BCUT2D eigenvalue weighted by Gasteiger charge is 2.59. The molecule has 0 radical (unpaired) electrons. The second-order valence-electron chi connectivity index (χ2n) is 19.5. The molecule has 21 aliphatic rings. The molecule has 0 amide bonds. The number of ether oxygens (including phenoxy) is 14. The Morgan fingerprint density at radius 3 is 0.364 bits per heavy atom. The van der Waals surface area contributed by atoms with Gasteiger partial charge in [-0.1, -0.05) is 112 Å². The summed E-state index contributed by atoms with van der Waals surface area (Å²) in [5.41, 5.74) is 0. The van der Waals surface area contributed by atoms with Crippen molar-refractivity contribution in [2.75, 3.05) is 37.3 Å². The molecule has 448 valence electrons. The van der Waals surface area contributed by atoms with Crippen LogP contribution in [0.15, 0.2) is 0 Å². The average molecular weight is 1580 g/mol. The first kappa shape index (κ1) is 65.2. The minimum Gasteiger partial charge on any atom is -0.387 e. The van der Waals surface area contributed by atoms with E-state index in [1.807, 2.05) is 0 Å². The van der Waals surface area contributed by atoms with E-state index in [0.717, 1.165) is 0 Å². The van der Waals surface area contributed by atoms with Crippen molar-refractivity contribution in [2.24, 2.45) is 0 Å². The summed E-state index contributed by atoms with van der Waals surface area (Å²) >= 11 is 23.1. The normalized spacial score (nSPS) is 55.4. The zero-order valence-electron chi connectivity index (χ0n) is 39.8. The summed E-state index contributed by atoms with van der Waals surface area (Å²) in [6.45, 7) is 0. The quantitative estimate of drug-likeness (QED) is 0.106.